The summed E-state index contributed by atoms with van der Waals surface area (Å²) in [4.78, 5) is 4.48. The van der Waals surface area contributed by atoms with Gasteiger partial charge in [-0.1, -0.05) is 45.3 Å². The maximum Gasteiger partial charge on any atom is 0.159 e. The van der Waals surface area contributed by atoms with Crippen molar-refractivity contribution in [1.29, 1.82) is 0 Å². The van der Waals surface area contributed by atoms with Gasteiger partial charge in [-0.3, -0.25) is 0 Å². The second kappa shape index (κ2) is 7.39. The number of fused-ring (bicyclic) bond motifs is 1. The van der Waals surface area contributed by atoms with Crippen molar-refractivity contribution >= 4 is 23.3 Å². The Morgan fingerprint density at radius 1 is 1.25 bits per heavy atom. The number of rotatable bonds is 7. The van der Waals surface area contributed by atoms with Gasteiger partial charge in [-0.15, -0.1) is 0 Å². The van der Waals surface area contributed by atoms with Gasteiger partial charge in [0.1, 0.15) is 4.64 Å². The van der Waals surface area contributed by atoms with Crippen LogP contribution in [-0.2, 0) is 6.42 Å². The fraction of sp³-hybridized carbons (Fsp3) is 0.500. The first-order valence-electron chi connectivity index (χ1n) is 7.51. The molecule has 0 saturated carbocycles. The molecule has 2 aromatic heterocycles. The Balaban J connectivity index is 2.38. The van der Waals surface area contributed by atoms with Crippen molar-refractivity contribution in [1.82, 2.24) is 9.66 Å². The molecule has 0 unspecified atom stereocenters. The molecule has 3 nitrogen and oxygen atoms in total. The molecule has 0 aliphatic heterocycles. The average molecular weight is 289 g/mol. The molecule has 0 aliphatic carbocycles. The van der Waals surface area contributed by atoms with E-state index in [2.05, 4.69) is 36.4 Å². The van der Waals surface area contributed by atoms with Crippen LogP contribution in [0.5, 0.6) is 0 Å². The number of nitrogens with zero attached hydrogens (tertiary/aromatic N) is 2. The molecule has 0 radical (unpaired) electrons. The Kier molecular flexibility index (Phi) is 5.53. The summed E-state index contributed by atoms with van der Waals surface area (Å²) >= 11 is 5.62. The highest BCUT2D eigenvalue weighted by Gasteiger charge is 2.06. The fourth-order valence-corrected chi connectivity index (χ4v) is 2.67. The Labute approximate surface area is 126 Å². The molecule has 20 heavy (non-hydrogen) atoms. The lowest BCUT2D eigenvalue weighted by Gasteiger charge is -2.15. The number of aromatic nitrogens is 2. The molecule has 1 N–H and O–H groups in total. The van der Waals surface area contributed by atoms with Gasteiger partial charge >= 0.3 is 0 Å². The smallest absolute Gasteiger partial charge is 0.159 e. The molecule has 108 valence electrons. The van der Waals surface area contributed by atoms with E-state index in [-0.39, 0.29) is 0 Å². The van der Waals surface area contributed by atoms with Crippen LogP contribution in [0.15, 0.2) is 24.4 Å². The molecule has 2 heterocycles. The standard InChI is InChI=1S/C16H23N3S/c1-3-5-6-11-18-19-15-13(9-7-10-17-15)12-14(8-4-2)16(19)20/h7,9-10,12,18H,3-6,8,11H2,1-2H3. The molecule has 0 aliphatic rings. The van der Waals surface area contributed by atoms with E-state index in [9.17, 15) is 0 Å². The van der Waals surface area contributed by atoms with Gasteiger partial charge in [-0.05, 0) is 36.6 Å². The van der Waals surface area contributed by atoms with Crippen molar-refractivity contribution in [2.24, 2.45) is 0 Å². The van der Waals surface area contributed by atoms with E-state index in [0.717, 1.165) is 41.5 Å². The quantitative estimate of drug-likeness (QED) is 0.603. The minimum Gasteiger partial charge on any atom is -0.323 e. The number of hydrogen-bond acceptors (Lipinski definition) is 3. The number of hydrogen-bond donors (Lipinski definition) is 1. The second-order valence-electron chi connectivity index (χ2n) is 5.09. The van der Waals surface area contributed by atoms with Gasteiger partial charge in [-0.25, -0.2) is 9.66 Å². The zero-order valence-electron chi connectivity index (χ0n) is 12.4. The molecular weight excluding hydrogens is 266 g/mol. The van der Waals surface area contributed by atoms with Crippen LogP contribution < -0.4 is 5.43 Å². The SMILES string of the molecule is CCCCCNn1c(=S)c(CCC)cc2cccnc21. The largest absolute Gasteiger partial charge is 0.323 e. The number of unbranched alkanes of at least 4 members (excludes halogenated alkanes) is 2. The lowest BCUT2D eigenvalue weighted by atomic mass is 10.1. The van der Waals surface area contributed by atoms with Crippen molar-refractivity contribution in [2.75, 3.05) is 12.0 Å². The number of nitrogens with one attached hydrogen (secondary N) is 1. The van der Waals surface area contributed by atoms with E-state index in [1.807, 2.05) is 16.9 Å². The maximum absolute atomic E-state index is 5.62. The van der Waals surface area contributed by atoms with Crippen LogP contribution in [0.3, 0.4) is 0 Å². The van der Waals surface area contributed by atoms with Crippen molar-refractivity contribution in [2.45, 2.75) is 46.0 Å². The first-order valence-corrected chi connectivity index (χ1v) is 7.92. The zero-order valence-corrected chi connectivity index (χ0v) is 13.2. The van der Waals surface area contributed by atoms with Crippen molar-refractivity contribution in [3.8, 4) is 0 Å². The minimum atomic E-state index is 0.870. The summed E-state index contributed by atoms with van der Waals surface area (Å²) in [6.45, 7) is 5.33. The van der Waals surface area contributed by atoms with E-state index in [0.29, 0.717) is 0 Å². The molecule has 2 rings (SSSR count). The Morgan fingerprint density at radius 2 is 2.10 bits per heavy atom. The second-order valence-corrected chi connectivity index (χ2v) is 5.48. The molecule has 0 amide bonds. The van der Waals surface area contributed by atoms with Crippen LogP contribution >= 0.6 is 12.2 Å². The Hall–Kier alpha value is -1.42. The van der Waals surface area contributed by atoms with Gasteiger partial charge in [0.15, 0.2) is 5.65 Å². The third kappa shape index (κ3) is 3.37. The van der Waals surface area contributed by atoms with Gasteiger partial charge in [-0.2, -0.15) is 0 Å². The summed E-state index contributed by atoms with van der Waals surface area (Å²) in [5.74, 6) is 0. The van der Waals surface area contributed by atoms with Gasteiger partial charge in [0, 0.05) is 18.1 Å². The molecule has 0 bridgehead atoms. The minimum absolute atomic E-state index is 0.870. The van der Waals surface area contributed by atoms with Gasteiger partial charge in [0.25, 0.3) is 0 Å². The zero-order chi connectivity index (χ0) is 14.4. The molecular formula is C16H23N3S. The highest BCUT2D eigenvalue weighted by molar-refractivity contribution is 7.71. The predicted molar refractivity (Wildman–Crippen MR) is 88.3 cm³/mol. The third-order valence-electron chi connectivity index (χ3n) is 3.41. The molecule has 2 aromatic rings. The van der Waals surface area contributed by atoms with E-state index < -0.39 is 0 Å². The van der Waals surface area contributed by atoms with Crippen LogP contribution in [-0.4, -0.2) is 16.2 Å². The van der Waals surface area contributed by atoms with Crippen molar-refractivity contribution < 1.29 is 0 Å². The lowest BCUT2D eigenvalue weighted by molar-refractivity contribution is 0.701. The fourth-order valence-electron chi connectivity index (χ4n) is 2.36. The first kappa shape index (κ1) is 15.0. The summed E-state index contributed by atoms with van der Waals surface area (Å²) < 4.78 is 2.86. The predicted octanol–water partition coefficient (Wildman–Crippen LogP) is 4.45. The van der Waals surface area contributed by atoms with Crippen LogP contribution in [0.4, 0.5) is 0 Å². The molecule has 0 fully saturated rings. The maximum atomic E-state index is 5.62. The van der Waals surface area contributed by atoms with Crippen LogP contribution in [0.1, 0.15) is 45.1 Å². The number of pyridine rings is 2. The van der Waals surface area contributed by atoms with E-state index >= 15 is 0 Å². The topological polar surface area (TPSA) is 29.9 Å². The third-order valence-corrected chi connectivity index (χ3v) is 3.85. The summed E-state index contributed by atoms with van der Waals surface area (Å²) in [7, 11) is 0. The van der Waals surface area contributed by atoms with E-state index in [4.69, 9.17) is 12.2 Å². The molecule has 0 spiro atoms. The lowest BCUT2D eigenvalue weighted by Crippen LogP contribution is -2.19. The van der Waals surface area contributed by atoms with Gasteiger partial charge in [0.2, 0.25) is 0 Å². The molecule has 4 heteroatoms. The first-order chi connectivity index (χ1) is 9.77. The highest BCUT2D eigenvalue weighted by atomic mass is 32.1. The average Bonchev–Trinajstić information content (AvgIpc) is 2.47. The summed E-state index contributed by atoms with van der Waals surface area (Å²) in [5, 5.41) is 1.15. The normalized spacial score (nSPS) is 10.9. The number of aryl methyl sites for hydroxylation is 1. The Bertz CT molecular complexity index is 619. The molecule has 0 atom stereocenters. The van der Waals surface area contributed by atoms with E-state index in [1.54, 1.807) is 0 Å². The van der Waals surface area contributed by atoms with Crippen LogP contribution in [0.2, 0.25) is 0 Å². The molecule has 0 saturated heterocycles. The van der Waals surface area contributed by atoms with Gasteiger partial charge in [0.05, 0.1) is 0 Å². The Morgan fingerprint density at radius 3 is 2.85 bits per heavy atom. The molecule has 0 aromatic carbocycles. The summed E-state index contributed by atoms with van der Waals surface area (Å²) in [6.07, 6.45) is 7.55. The summed E-state index contributed by atoms with van der Waals surface area (Å²) in [5.41, 5.74) is 5.59. The van der Waals surface area contributed by atoms with Gasteiger partial charge < -0.3 is 5.43 Å². The highest BCUT2D eigenvalue weighted by Crippen LogP contribution is 2.16. The van der Waals surface area contributed by atoms with Crippen molar-refractivity contribution in [3.05, 3.63) is 34.6 Å². The monoisotopic (exact) mass is 289 g/mol. The van der Waals surface area contributed by atoms with Crippen molar-refractivity contribution in [3.63, 3.8) is 0 Å². The van der Waals surface area contributed by atoms with Crippen LogP contribution in [0.25, 0.3) is 11.0 Å². The van der Waals surface area contributed by atoms with Crippen LogP contribution in [0, 0.1) is 4.64 Å². The van der Waals surface area contributed by atoms with E-state index in [1.165, 1.54) is 18.4 Å². The summed E-state index contributed by atoms with van der Waals surface area (Å²) in [6, 6.07) is 6.25.